The van der Waals surface area contributed by atoms with Gasteiger partial charge in [0.05, 0.1) is 7.11 Å². The van der Waals surface area contributed by atoms with E-state index >= 15 is 0 Å². The maximum atomic E-state index is 5.26. The zero-order chi connectivity index (χ0) is 15.2. The Morgan fingerprint density at radius 2 is 2.10 bits per heavy atom. The third kappa shape index (κ3) is 4.01. The van der Waals surface area contributed by atoms with E-state index in [4.69, 9.17) is 4.74 Å². The largest absolute Gasteiger partial charge is 0.497 e. The fourth-order valence-electron chi connectivity index (χ4n) is 1.95. The van der Waals surface area contributed by atoms with Gasteiger partial charge in [0.1, 0.15) is 17.4 Å². The molecule has 1 heterocycles. The summed E-state index contributed by atoms with van der Waals surface area (Å²) in [5.41, 5.74) is 1.17. The Balaban J connectivity index is 2.20. The lowest BCUT2D eigenvalue weighted by Gasteiger charge is -2.19. The number of benzene rings is 1. The Kier molecular flexibility index (Phi) is 5.27. The van der Waals surface area contributed by atoms with Crippen LogP contribution in [0.25, 0.3) is 0 Å². The van der Waals surface area contributed by atoms with Gasteiger partial charge in [0.2, 0.25) is 0 Å². The van der Waals surface area contributed by atoms with Crippen molar-refractivity contribution in [2.24, 2.45) is 0 Å². The van der Waals surface area contributed by atoms with E-state index in [2.05, 4.69) is 26.3 Å². The summed E-state index contributed by atoms with van der Waals surface area (Å²) in [5, 5.41) is 3.83. The second kappa shape index (κ2) is 7.17. The van der Waals surface area contributed by atoms with Gasteiger partial charge in [-0.2, -0.15) is 0 Å². The maximum Gasteiger partial charge on any atom is 0.191 e. The van der Waals surface area contributed by atoms with Crippen molar-refractivity contribution in [3.63, 3.8) is 0 Å². The number of nitrogens with one attached hydrogen (secondary N) is 1. The Morgan fingerprint density at radius 3 is 2.76 bits per heavy atom. The van der Waals surface area contributed by atoms with Crippen molar-refractivity contribution in [3.05, 3.63) is 35.9 Å². The van der Waals surface area contributed by atoms with Gasteiger partial charge < -0.3 is 15.0 Å². The molecule has 0 bridgehead atoms. The normalized spacial score (nSPS) is 10.3. The Hall–Kier alpha value is -1.95. The minimum Gasteiger partial charge on any atom is -0.497 e. The molecule has 0 unspecified atom stereocenters. The van der Waals surface area contributed by atoms with Crippen LogP contribution < -0.4 is 15.0 Å². The van der Waals surface area contributed by atoms with Crippen molar-refractivity contribution in [1.82, 2.24) is 9.97 Å². The second-order valence-electron chi connectivity index (χ2n) is 4.56. The molecule has 0 aliphatic carbocycles. The standard InChI is InChI=1S/C15H20N4OS/c1-16-13-9-14(18-15(17-13)21-4)19(2)10-11-6-5-7-12(8-11)20-3/h5-9H,10H2,1-4H3,(H,16,17,18). The lowest BCUT2D eigenvalue weighted by atomic mass is 10.2. The highest BCUT2D eigenvalue weighted by Gasteiger charge is 2.08. The summed E-state index contributed by atoms with van der Waals surface area (Å²) >= 11 is 1.53. The van der Waals surface area contributed by atoms with Gasteiger partial charge in [-0.3, -0.25) is 0 Å². The third-order valence-electron chi connectivity index (χ3n) is 3.08. The van der Waals surface area contributed by atoms with Crippen LogP contribution in [0.5, 0.6) is 5.75 Å². The minimum absolute atomic E-state index is 0.755. The predicted molar refractivity (Wildman–Crippen MR) is 88.5 cm³/mol. The topological polar surface area (TPSA) is 50.3 Å². The second-order valence-corrected chi connectivity index (χ2v) is 5.33. The van der Waals surface area contributed by atoms with Crippen LogP contribution in [0, 0.1) is 0 Å². The van der Waals surface area contributed by atoms with Gasteiger partial charge in [0, 0.05) is 26.7 Å². The fraction of sp³-hybridized carbons (Fsp3) is 0.333. The summed E-state index contributed by atoms with van der Waals surface area (Å²) in [7, 11) is 5.56. The van der Waals surface area contributed by atoms with Crippen molar-refractivity contribution >= 4 is 23.4 Å². The first-order chi connectivity index (χ1) is 10.2. The number of methoxy groups -OCH3 is 1. The molecule has 0 radical (unpaired) electrons. The highest BCUT2D eigenvalue weighted by Crippen LogP contribution is 2.21. The molecule has 0 aliphatic rings. The van der Waals surface area contributed by atoms with Crippen molar-refractivity contribution < 1.29 is 4.74 Å². The van der Waals surface area contributed by atoms with E-state index in [1.165, 1.54) is 17.3 Å². The molecule has 1 aromatic carbocycles. The van der Waals surface area contributed by atoms with Crippen molar-refractivity contribution in [2.45, 2.75) is 11.7 Å². The van der Waals surface area contributed by atoms with Crippen LogP contribution in [0.4, 0.5) is 11.6 Å². The van der Waals surface area contributed by atoms with Gasteiger partial charge in [0.25, 0.3) is 0 Å². The summed E-state index contributed by atoms with van der Waals surface area (Å²) in [5.74, 6) is 2.58. The predicted octanol–water partition coefficient (Wildman–Crippen LogP) is 2.89. The summed E-state index contributed by atoms with van der Waals surface area (Å²) in [6.07, 6.45) is 1.97. The van der Waals surface area contributed by atoms with E-state index in [1.807, 2.05) is 44.6 Å². The van der Waals surface area contributed by atoms with Crippen molar-refractivity contribution in [1.29, 1.82) is 0 Å². The molecule has 2 rings (SSSR count). The van der Waals surface area contributed by atoms with E-state index in [9.17, 15) is 0 Å². The monoisotopic (exact) mass is 304 g/mol. The molecule has 6 heteroatoms. The van der Waals surface area contributed by atoms with Crippen LogP contribution in [-0.4, -0.2) is 37.4 Å². The Labute approximate surface area is 129 Å². The first kappa shape index (κ1) is 15.4. The molecule has 0 spiro atoms. The summed E-state index contributed by atoms with van der Waals surface area (Å²) in [6.45, 7) is 0.755. The molecule has 21 heavy (non-hydrogen) atoms. The maximum absolute atomic E-state index is 5.26. The van der Waals surface area contributed by atoms with E-state index in [-0.39, 0.29) is 0 Å². The van der Waals surface area contributed by atoms with Crippen LogP contribution >= 0.6 is 11.8 Å². The molecule has 0 saturated carbocycles. The SMILES string of the molecule is CNc1cc(N(C)Cc2cccc(OC)c2)nc(SC)n1. The van der Waals surface area contributed by atoms with Crippen LogP contribution in [0.1, 0.15) is 5.56 Å². The molecule has 112 valence electrons. The summed E-state index contributed by atoms with van der Waals surface area (Å²) in [6, 6.07) is 9.99. The first-order valence-corrected chi connectivity index (χ1v) is 7.83. The number of ether oxygens (including phenoxy) is 1. The first-order valence-electron chi connectivity index (χ1n) is 6.61. The highest BCUT2D eigenvalue weighted by molar-refractivity contribution is 7.98. The molecule has 1 N–H and O–H groups in total. The smallest absolute Gasteiger partial charge is 0.191 e. The lowest BCUT2D eigenvalue weighted by molar-refractivity contribution is 0.414. The van der Waals surface area contributed by atoms with E-state index in [0.29, 0.717) is 0 Å². The van der Waals surface area contributed by atoms with E-state index < -0.39 is 0 Å². The van der Waals surface area contributed by atoms with Gasteiger partial charge >= 0.3 is 0 Å². The zero-order valence-electron chi connectivity index (χ0n) is 12.8. The number of thioether (sulfide) groups is 1. The quantitative estimate of drug-likeness (QED) is 0.654. The van der Waals surface area contributed by atoms with Gasteiger partial charge in [-0.15, -0.1) is 0 Å². The third-order valence-corrected chi connectivity index (χ3v) is 3.62. The number of anilines is 2. The van der Waals surface area contributed by atoms with Crippen molar-refractivity contribution in [3.8, 4) is 5.75 Å². The van der Waals surface area contributed by atoms with Gasteiger partial charge in [-0.1, -0.05) is 23.9 Å². The average molecular weight is 304 g/mol. The van der Waals surface area contributed by atoms with Gasteiger partial charge in [0.15, 0.2) is 5.16 Å². The molecular formula is C15H20N4OS. The Bertz CT molecular complexity index is 584. The number of hydrogen-bond acceptors (Lipinski definition) is 6. The number of aromatic nitrogens is 2. The fourth-order valence-corrected chi connectivity index (χ4v) is 2.33. The lowest BCUT2D eigenvalue weighted by Crippen LogP contribution is -2.18. The zero-order valence-corrected chi connectivity index (χ0v) is 13.6. The molecule has 0 aliphatic heterocycles. The molecule has 2 aromatic rings. The number of hydrogen-bond donors (Lipinski definition) is 1. The molecular weight excluding hydrogens is 284 g/mol. The molecule has 0 fully saturated rings. The van der Waals surface area contributed by atoms with E-state index in [0.717, 1.165) is 29.1 Å². The molecule has 5 nitrogen and oxygen atoms in total. The minimum atomic E-state index is 0.755. The van der Waals surface area contributed by atoms with Crippen LogP contribution in [0.15, 0.2) is 35.5 Å². The molecule has 0 atom stereocenters. The van der Waals surface area contributed by atoms with Crippen LogP contribution in [0.3, 0.4) is 0 Å². The van der Waals surface area contributed by atoms with Crippen LogP contribution in [0.2, 0.25) is 0 Å². The Morgan fingerprint density at radius 1 is 1.29 bits per heavy atom. The average Bonchev–Trinajstić information content (AvgIpc) is 2.54. The van der Waals surface area contributed by atoms with Gasteiger partial charge in [-0.25, -0.2) is 9.97 Å². The van der Waals surface area contributed by atoms with E-state index in [1.54, 1.807) is 7.11 Å². The summed E-state index contributed by atoms with van der Waals surface area (Å²) in [4.78, 5) is 11.0. The molecule has 1 aromatic heterocycles. The van der Waals surface area contributed by atoms with Gasteiger partial charge in [-0.05, 0) is 24.0 Å². The number of nitrogens with zero attached hydrogens (tertiary/aromatic N) is 3. The number of rotatable bonds is 6. The summed E-state index contributed by atoms with van der Waals surface area (Å²) < 4.78 is 5.26. The highest BCUT2D eigenvalue weighted by atomic mass is 32.2. The molecule has 0 amide bonds. The van der Waals surface area contributed by atoms with Crippen molar-refractivity contribution in [2.75, 3.05) is 37.7 Å². The van der Waals surface area contributed by atoms with Crippen LogP contribution in [-0.2, 0) is 6.54 Å². The molecule has 0 saturated heterocycles.